The van der Waals surface area contributed by atoms with Gasteiger partial charge in [-0.05, 0) is 75.1 Å². The molecule has 8 nitrogen and oxygen atoms in total. The van der Waals surface area contributed by atoms with E-state index in [0.717, 1.165) is 18.7 Å². The number of hydrogen-bond donors (Lipinski definition) is 0. The minimum Gasteiger partial charge on any atom is -0.493 e. The van der Waals surface area contributed by atoms with Gasteiger partial charge in [0.1, 0.15) is 0 Å². The molecule has 0 saturated carbocycles. The summed E-state index contributed by atoms with van der Waals surface area (Å²) < 4.78 is 19.6. The molecule has 1 saturated heterocycles. The molecule has 40 heavy (non-hydrogen) atoms. The number of methoxy groups -OCH3 is 1. The average Bonchev–Trinajstić information content (AvgIpc) is 3.58. The van der Waals surface area contributed by atoms with Gasteiger partial charge in [-0.15, -0.1) is 0 Å². The first-order valence-electron chi connectivity index (χ1n) is 13.4. The van der Waals surface area contributed by atoms with Crippen LogP contribution in [0.2, 0.25) is 0 Å². The van der Waals surface area contributed by atoms with Gasteiger partial charge in [-0.25, -0.2) is 9.79 Å². The van der Waals surface area contributed by atoms with Crippen LogP contribution in [0.15, 0.2) is 61.9 Å². The average molecular weight is 627 g/mol. The molecular weight excluding hydrogens is 594 g/mol. The molecule has 0 spiro atoms. The van der Waals surface area contributed by atoms with E-state index in [-0.39, 0.29) is 12.2 Å². The predicted octanol–water partition coefficient (Wildman–Crippen LogP) is 4.57. The maximum absolute atomic E-state index is 14.0. The number of thiazole rings is 1. The zero-order chi connectivity index (χ0) is 28.4. The molecule has 1 fully saturated rings. The lowest BCUT2D eigenvalue weighted by Gasteiger charge is -2.26. The molecule has 2 aromatic carbocycles. The van der Waals surface area contributed by atoms with Gasteiger partial charge in [0.2, 0.25) is 0 Å². The van der Waals surface area contributed by atoms with Gasteiger partial charge in [-0.1, -0.05) is 39.4 Å². The van der Waals surface area contributed by atoms with E-state index in [1.807, 2.05) is 31.2 Å². The molecule has 10 heteroatoms. The first kappa shape index (κ1) is 28.2. The first-order valence-corrected chi connectivity index (χ1v) is 15.0. The minimum absolute atomic E-state index is 0.203. The van der Waals surface area contributed by atoms with Crippen molar-refractivity contribution in [2.75, 3.05) is 38.3 Å². The zero-order valence-electron chi connectivity index (χ0n) is 23.0. The smallest absolute Gasteiger partial charge is 0.338 e. The summed E-state index contributed by atoms with van der Waals surface area (Å²) in [5.41, 5.74) is 3.38. The number of benzene rings is 2. The lowest BCUT2D eigenvalue weighted by atomic mass is 9.95. The van der Waals surface area contributed by atoms with Crippen LogP contribution in [-0.2, 0) is 9.53 Å². The summed E-state index contributed by atoms with van der Waals surface area (Å²) in [6, 6.07) is 11.1. The summed E-state index contributed by atoms with van der Waals surface area (Å²) in [7, 11) is 1.57. The number of hydrogen-bond acceptors (Lipinski definition) is 8. The lowest BCUT2D eigenvalue weighted by molar-refractivity contribution is -0.139. The Morgan fingerprint density at radius 3 is 2.50 bits per heavy atom. The van der Waals surface area contributed by atoms with Crippen molar-refractivity contribution in [3.05, 3.63) is 83.0 Å². The van der Waals surface area contributed by atoms with Gasteiger partial charge in [-0.3, -0.25) is 9.36 Å². The Morgan fingerprint density at radius 1 is 1.12 bits per heavy atom. The van der Waals surface area contributed by atoms with Crippen LogP contribution in [0.25, 0.3) is 6.08 Å². The molecule has 3 aromatic rings. The molecule has 0 radical (unpaired) electrons. The zero-order valence-corrected chi connectivity index (χ0v) is 25.4. The van der Waals surface area contributed by atoms with Crippen LogP contribution in [0.4, 0.5) is 5.69 Å². The quantitative estimate of drug-likeness (QED) is 0.341. The lowest BCUT2D eigenvalue weighted by Crippen LogP contribution is -2.40. The number of carbonyl (C=O) groups is 1. The van der Waals surface area contributed by atoms with Crippen molar-refractivity contribution < 1.29 is 19.0 Å². The van der Waals surface area contributed by atoms with Gasteiger partial charge < -0.3 is 19.1 Å². The summed E-state index contributed by atoms with van der Waals surface area (Å²) >= 11 is 4.96. The highest BCUT2D eigenvalue weighted by molar-refractivity contribution is 9.10. The molecule has 210 valence electrons. The van der Waals surface area contributed by atoms with E-state index >= 15 is 0 Å². The highest BCUT2D eigenvalue weighted by atomic mass is 79.9. The van der Waals surface area contributed by atoms with E-state index in [9.17, 15) is 9.59 Å². The summed E-state index contributed by atoms with van der Waals surface area (Å²) in [5, 5.41) is 0. The summed E-state index contributed by atoms with van der Waals surface area (Å²) in [4.78, 5) is 34.8. The van der Waals surface area contributed by atoms with Crippen molar-refractivity contribution in [1.82, 2.24) is 4.57 Å². The fraction of sp³-hybridized carbons (Fsp3) is 0.367. The van der Waals surface area contributed by atoms with Crippen LogP contribution in [0.3, 0.4) is 0 Å². The van der Waals surface area contributed by atoms with Crippen LogP contribution in [-0.4, -0.2) is 43.9 Å². The van der Waals surface area contributed by atoms with Crippen molar-refractivity contribution in [1.29, 1.82) is 0 Å². The number of fused-ring (bicyclic) bond motifs is 1. The number of halogens is 1. The molecule has 2 aliphatic heterocycles. The van der Waals surface area contributed by atoms with E-state index in [2.05, 4.69) is 38.0 Å². The maximum atomic E-state index is 14.0. The molecule has 3 heterocycles. The van der Waals surface area contributed by atoms with E-state index in [0.29, 0.717) is 48.7 Å². The molecular formula is C30H32BrN3O5S. The molecule has 0 amide bonds. The molecule has 0 bridgehead atoms. The van der Waals surface area contributed by atoms with E-state index in [4.69, 9.17) is 14.2 Å². The van der Waals surface area contributed by atoms with Crippen molar-refractivity contribution in [3.8, 4) is 11.5 Å². The van der Waals surface area contributed by atoms with E-state index in [1.54, 1.807) is 31.6 Å². The second kappa shape index (κ2) is 12.0. The van der Waals surface area contributed by atoms with Crippen LogP contribution in [0.1, 0.15) is 50.8 Å². The monoisotopic (exact) mass is 625 g/mol. The Labute approximate surface area is 245 Å². The van der Waals surface area contributed by atoms with Gasteiger partial charge in [0.25, 0.3) is 5.56 Å². The Bertz CT molecular complexity index is 1640. The molecule has 1 aromatic heterocycles. The summed E-state index contributed by atoms with van der Waals surface area (Å²) in [6.45, 7) is 8.19. The Morgan fingerprint density at radius 2 is 1.85 bits per heavy atom. The number of rotatable bonds is 8. The normalized spacial score (nSPS) is 17.1. The number of anilines is 1. The van der Waals surface area contributed by atoms with Crippen molar-refractivity contribution >= 4 is 45.0 Å². The molecule has 5 rings (SSSR count). The summed E-state index contributed by atoms with van der Waals surface area (Å²) in [5.74, 6) is 0.545. The Kier molecular flexibility index (Phi) is 8.46. The topological polar surface area (TPSA) is 82.4 Å². The third-order valence-electron chi connectivity index (χ3n) is 7.06. The van der Waals surface area contributed by atoms with Crippen molar-refractivity contribution in [3.63, 3.8) is 0 Å². The predicted molar refractivity (Wildman–Crippen MR) is 160 cm³/mol. The maximum Gasteiger partial charge on any atom is 0.338 e. The van der Waals surface area contributed by atoms with Gasteiger partial charge in [0.05, 0.1) is 42.2 Å². The minimum atomic E-state index is -0.769. The standard InChI is InChI=1S/C30H32BrN3O5S/c1-5-38-24-16-21(22(31)17-23(24)37-4)27-26(29(36)39-6-2)18(3)32-30-34(27)28(35)25(40-30)15-19-9-11-20(12-10-19)33-13-7-8-14-33/h9-12,15-17,27H,5-8,13-14H2,1-4H3/b25-15+/t27-/m1/s1. The molecule has 0 N–H and O–H groups in total. The highest BCUT2D eigenvalue weighted by Crippen LogP contribution is 2.41. The number of ether oxygens (including phenoxy) is 3. The first-order chi connectivity index (χ1) is 19.4. The van der Waals surface area contributed by atoms with E-state index < -0.39 is 12.0 Å². The van der Waals surface area contributed by atoms with Gasteiger partial charge in [-0.2, -0.15) is 0 Å². The number of esters is 1. The fourth-order valence-electron chi connectivity index (χ4n) is 5.18. The van der Waals surface area contributed by atoms with Gasteiger partial charge in [0, 0.05) is 23.2 Å². The Hall–Kier alpha value is -3.37. The van der Waals surface area contributed by atoms with Gasteiger partial charge in [0.15, 0.2) is 16.3 Å². The third kappa shape index (κ3) is 5.34. The van der Waals surface area contributed by atoms with Crippen LogP contribution in [0, 0.1) is 0 Å². The van der Waals surface area contributed by atoms with Crippen molar-refractivity contribution in [2.24, 2.45) is 4.99 Å². The third-order valence-corrected chi connectivity index (χ3v) is 8.73. The number of carbonyl (C=O) groups excluding carboxylic acids is 1. The van der Waals surface area contributed by atoms with Crippen molar-refractivity contribution in [2.45, 2.75) is 39.7 Å². The Balaban J connectivity index is 1.66. The SMILES string of the molecule is CCOC(=O)C1=C(C)N=c2s/c(=C/c3ccc(N4CCCC4)cc3)c(=O)n2[C@@H]1c1cc(OCC)c(OC)cc1Br. The fourth-order valence-corrected chi connectivity index (χ4v) is 6.77. The van der Waals surface area contributed by atoms with Gasteiger partial charge >= 0.3 is 5.97 Å². The number of nitrogens with zero attached hydrogens (tertiary/aromatic N) is 3. The molecule has 0 unspecified atom stereocenters. The molecule has 2 aliphatic rings. The summed E-state index contributed by atoms with van der Waals surface area (Å²) in [6.07, 6.45) is 4.31. The van der Waals surface area contributed by atoms with Crippen LogP contribution < -0.4 is 29.3 Å². The second-order valence-corrected chi connectivity index (χ2v) is 11.4. The largest absolute Gasteiger partial charge is 0.493 e. The van der Waals surface area contributed by atoms with Crippen LogP contribution in [0.5, 0.6) is 11.5 Å². The molecule has 0 aliphatic carbocycles. The molecule has 1 atom stereocenters. The van der Waals surface area contributed by atoms with Crippen LogP contribution >= 0.6 is 27.3 Å². The second-order valence-electron chi connectivity index (χ2n) is 9.55. The highest BCUT2D eigenvalue weighted by Gasteiger charge is 2.35. The number of aromatic nitrogens is 1. The number of allylic oxidation sites excluding steroid dienone is 1. The van der Waals surface area contributed by atoms with E-state index in [1.165, 1.54) is 29.9 Å².